The van der Waals surface area contributed by atoms with E-state index in [1.807, 2.05) is 11.8 Å². The van der Waals surface area contributed by atoms with Gasteiger partial charge in [0.1, 0.15) is 0 Å². The van der Waals surface area contributed by atoms with Gasteiger partial charge in [-0.3, -0.25) is 0 Å². The third-order valence-corrected chi connectivity index (χ3v) is 2.87. The van der Waals surface area contributed by atoms with E-state index in [0.29, 0.717) is 0 Å². The Morgan fingerprint density at radius 3 is 2.77 bits per heavy atom. The highest BCUT2D eigenvalue weighted by Gasteiger charge is 2.04. The van der Waals surface area contributed by atoms with Crippen LogP contribution in [0.15, 0.2) is 0 Å². The fourth-order valence-corrected chi connectivity index (χ4v) is 1.78. The molecule has 80 valence electrons. The predicted molar refractivity (Wildman–Crippen MR) is 61.5 cm³/mol. The van der Waals surface area contributed by atoms with E-state index in [1.54, 1.807) is 7.11 Å². The van der Waals surface area contributed by atoms with Crippen molar-refractivity contribution in [3.63, 3.8) is 0 Å². The Hall–Kier alpha value is 0.270. The molecular formula is C10H23NOS. The van der Waals surface area contributed by atoms with E-state index >= 15 is 0 Å². The molecule has 0 saturated carbocycles. The van der Waals surface area contributed by atoms with Crippen molar-refractivity contribution in [2.24, 2.45) is 5.92 Å². The van der Waals surface area contributed by atoms with Gasteiger partial charge in [0.15, 0.2) is 0 Å². The minimum atomic E-state index is 0.818. The normalized spacial score (nSPS) is 13.2. The topological polar surface area (TPSA) is 21.3 Å². The predicted octanol–water partition coefficient (Wildman–Crippen LogP) is 2.00. The van der Waals surface area contributed by atoms with Crippen molar-refractivity contribution in [1.29, 1.82) is 0 Å². The Balaban J connectivity index is 3.25. The molecule has 0 aliphatic carbocycles. The van der Waals surface area contributed by atoms with Crippen LogP contribution in [0.1, 0.15) is 19.8 Å². The molecule has 0 aliphatic heterocycles. The second-order valence-corrected chi connectivity index (χ2v) is 4.24. The third kappa shape index (κ3) is 8.60. The lowest BCUT2D eigenvalue weighted by Gasteiger charge is -2.14. The maximum Gasteiger partial charge on any atom is 0.0587 e. The molecule has 0 fully saturated rings. The van der Waals surface area contributed by atoms with Crippen molar-refractivity contribution in [3.8, 4) is 0 Å². The van der Waals surface area contributed by atoms with Crippen LogP contribution >= 0.6 is 11.8 Å². The van der Waals surface area contributed by atoms with Crippen LogP contribution in [-0.2, 0) is 4.74 Å². The van der Waals surface area contributed by atoms with Gasteiger partial charge in [-0.15, -0.1) is 0 Å². The second-order valence-electron chi connectivity index (χ2n) is 3.25. The van der Waals surface area contributed by atoms with Gasteiger partial charge in [0.2, 0.25) is 0 Å². The zero-order valence-electron chi connectivity index (χ0n) is 9.14. The van der Waals surface area contributed by atoms with E-state index in [2.05, 4.69) is 18.5 Å². The monoisotopic (exact) mass is 205 g/mol. The number of hydrogen-bond acceptors (Lipinski definition) is 3. The molecule has 0 rings (SSSR count). The van der Waals surface area contributed by atoms with Crippen LogP contribution in [0.4, 0.5) is 0 Å². The third-order valence-electron chi connectivity index (χ3n) is 2.22. The Kier molecular flexibility index (Phi) is 10.6. The molecular weight excluding hydrogens is 182 g/mol. The molecule has 0 spiro atoms. The molecule has 0 bridgehead atoms. The molecule has 1 N–H and O–H groups in total. The number of nitrogens with one attached hydrogen (secondary N) is 1. The van der Waals surface area contributed by atoms with Crippen molar-refractivity contribution < 1.29 is 4.74 Å². The fourth-order valence-electron chi connectivity index (χ4n) is 1.22. The summed E-state index contributed by atoms with van der Waals surface area (Å²) in [6, 6.07) is 0. The molecule has 2 nitrogen and oxygen atoms in total. The SMILES string of the molecule is CCC(CCSC)CNCCOC. The number of ether oxygens (including phenoxy) is 1. The van der Waals surface area contributed by atoms with Gasteiger partial charge in [0.25, 0.3) is 0 Å². The molecule has 0 radical (unpaired) electrons. The molecule has 0 aromatic heterocycles. The van der Waals surface area contributed by atoms with E-state index in [1.165, 1.54) is 18.6 Å². The molecule has 0 aliphatic rings. The lowest BCUT2D eigenvalue weighted by molar-refractivity contribution is 0.197. The zero-order chi connectivity index (χ0) is 9.94. The summed E-state index contributed by atoms with van der Waals surface area (Å²) in [5.41, 5.74) is 0. The van der Waals surface area contributed by atoms with Gasteiger partial charge in [0.05, 0.1) is 6.61 Å². The highest BCUT2D eigenvalue weighted by molar-refractivity contribution is 7.98. The number of methoxy groups -OCH3 is 1. The Bertz CT molecular complexity index is 101. The van der Waals surface area contributed by atoms with E-state index in [4.69, 9.17) is 4.74 Å². The number of hydrogen-bond donors (Lipinski definition) is 1. The Morgan fingerprint density at radius 2 is 2.23 bits per heavy atom. The summed E-state index contributed by atoms with van der Waals surface area (Å²) in [6.07, 6.45) is 4.78. The van der Waals surface area contributed by atoms with Crippen LogP contribution in [0.3, 0.4) is 0 Å². The minimum absolute atomic E-state index is 0.818. The quantitative estimate of drug-likeness (QED) is 0.582. The van der Waals surface area contributed by atoms with Crippen LogP contribution in [0.5, 0.6) is 0 Å². The molecule has 1 unspecified atom stereocenters. The smallest absolute Gasteiger partial charge is 0.0587 e. The average Bonchev–Trinajstić information content (AvgIpc) is 2.17. The first-order valence-corrected chi connectivity index (χ1v) is 6.43. The van der Waals surface area contributed by atoms with Gasteiger partial charge in [0, 0.05) is 13.7 Å². The maximum atomic E-state index is 4.97. The van der Waals surface area contributed by atoms with Gasteiger partial charge >= 0.3 is 0 Å². The fraction of sp³-hybridized carbons (Fsp3) is 1.00. The Morgan fingerprint density at radius 1 is 1.46 bits per heavy atom. The summed E-state index contributed by atoms with van der Waals surface area (Å²) in [5.74, 6) is 2.12. The Labute approximate surface area is 86.8 Å². The van der Waals surface area contributed by atoms with Crippen molar-refractivity contribution in [2.75, 3.05) is 38.8 Å². The first-order valence-electron chi connectivity index (χ1n) is 5.03. The molecule has 3 heteroatoms. The molecule has 13 heavy (non-hydrogen) atoms. The summed E-state index contributed by atoms with van der Waals surface area (Å²) >= 11 is 1.94. The first-order chi connectivity index (χ1) is 6.35. The second kappa shape index (κ2) is 10.4. The molecule has 0 saturated heterocycles. The van der Waals surface area contributed by atoms with Crippen molar-refractivity contribution in [2.45, 2.75) is 19.8 Å². The maximum absolute atomic E-state index is 4.97. The van der Waals surface area contributed by atoms with Crippen LogP contribution in [0.25, 0.3) is 0 Å². The number of thioether (sulfide) groups is 1. The highest BCUT2D eigenvalue weighted by Crippen LogP contribution is 2.10. The average molecular weight is 205 g/mol. The van der Waals surface area contributed by atoms with Crippen LogP contribution < -0.4 is 5.32 Å². The molecule has 0 aromatic rings. The molecule has 0 heterocycles. The van der Waals surface area contributed by atoms with Crippen LogP contribution in [0, 0.1) is 5.92 Å². The van der Waals surface area contributed by atoms with Crippen molar-refractivity contribution in [1.82, 2.24) is 5.32 Å². The lowest BCUT2D eigenvalue weighted by Crippen LogP contribution is -2.26. The highest BCUT2D eigenvalue weighted by atomic mass is 32.2. The lowest BCUT2D eigenvalue weighted by atomic mass is 10.0. The zero-order valence-corrected chi connectivity index (χ0v) is 9.95. The molecule has 0 amide bonds. The summed E-state index contributed by atoms with van der Waals surface area (Å²) < 4.78 is 4.97. The van der Waals surface area contributed by atoms with Gasteiger partial charge in [-0.1, -0.05) is 13.3 Å². The van der Waals surface area contributed by atoms with Crippen molar-refractivity contribution >= 4 is 11.8 Å². The summed E-state index contributed by atoms with van der Waals surface area (Å²) in [6.45, 7) is 5.20. The summed E-state index contributed by atoms with van der Waals surface area (Å²) in [4.78, 5) is 0. The van der Waals surface area contributed by atoms with Gasteiger partial charge < -0.3 is 10.1 Å². The van der Waals surface area contributed by atoms with Gasteiger partial charge in [-0.25, -0.2) is 0 Å². The minimum Gasteiger partial charge on any atom is -0.383 e. The van der Waals surface area contributed by atoms with E-state index in [0.717, 1.165) is 25.6 Å². The largest absolute Gasteiger partial charge is 0.383 e. The summed E-state index contributed by atoms with van der Waals surface area (Å²) in [5, 5.41) is 3.41. The molecule has 1 atom stereocenters. The summed E-state index contributed by atoms with van der Waals surface area (Å²) in [7, 11) is 1.74. The van der Waals surface area contributed by atoms with Gasteiger partial charge in [-0.05, 0) is 30.9 Å². The van der Waals surface area contributed by atoms with Crippen LogP contribution in [0.2, 0.25) is 0 Å². The van der Waals surface area contributed by atoms with Crippen LogP contribution in [-0.4, -0.2) is 38.8 Å². The van der Waals surface area contributed by atoms with E-state index in [-0.39, 0.29) is 0 Å². The number of rotatable bonds is 9. The first kappa shape index (κ1) is 13.3. The van der Waals surface area contributed by atoms with E-state index < -0.39 is 0 Å². The van der Waals surface area contributed by atoms with Gasteiger partial charge in [-0.2, -0.15) is 11.8 Å². The standard InChI is InChI=1S/C10H23NOS/c1-4-10(5-8-13-3)9-11-6-7-12-2/h10-11H,4-9H2,1-3H3. The van der Waals surface area contributed by atoms with Crippen molar-refractivity contribution in [3.05, 3.63) is 0 Å². The molecule has 0 aromatic carbocycles. The van der Waals surface area contributed by atoms with E-state index in [9.17, 15) is 0 Å².